The van der Waals surface area contributed by atoms with Crippen molar-refractivity contribution in [1.82, 2.24) is 14.6 Å². The second-order valence-corrected chi connectivity index (χ2v) is 8.17. The van der Waals surface area contributed by atoms with Gasteiger partial charge in [0.05, 0.1) is 5.39 Å². The molecule has 1 amide bonds. The Bertz CT molecular complexity index is 1360. The minimum atomic E-state index is -0.477. The first-order valence-electron chi connectivity index (χ1n) is 9.65. The number of carbonyl (C=O) groups excluding carboxylic acids is 2. The molecule has 0 fully saturated rings. The summed E-state index contributed by atoms with van der Waals surface area (Å²) in [5.41, 5.74) is 6.29. The highest BCUT2D eigenvalue weighted by Crippen LogP contribution is 2.30. The molecule has 30 heavy (non-hydrogen) atoms. The van der Waals surface area contributed by atoms with E-state index in [2.05, 4.69) is 15.4 Å². The number of thiophene rings is 1. The molecule has 4 aromatic rings. The molecule has 5 rings (SSSR count). The van der Waals surface area contributed by atoms with Crippen LogP contribution in [0.25, 0.3) is 21.3 Å². The average molecular weight is 418 g/mol. The predicted molar refractivity (Wildman–Crippen MR) is 116 cm³/mol. The summed E-state index contributed by atoms with van der Waals surface area (Å²) in [6.45, 7) is 1.75. The van der Waals surface area contributed by atoms with E-state index in [0.717, 1.165) is 34.3 Å². The van der Waals surface area contributed by atoms with Gasteiger partial charge in [0.2, 0.25) is 0 Å². The van der Waals surface area contributed by atoms with Gasteiger partial charge in [0, 0.05) is 28.6 Å². The molecule has 1 aliphatic rings. The lowest BCUT2D eigenvalue weighted by Gasteiger charge is -2.09. The summed E-state index contributed by atoms with van der Waals surface area (Å²) in [6, 6.07) is 9.60. The number of carbonyl (C=O) groups is 2. The molecule has 0 saturated carbocycles. The third-order valence-corrected chi connectivity index (χ3v) is 6.35. The van der Waals surface area contributed by atoms with Gasteiger partial charge in [0.15, 0.2) is 5.78 Å². The quantitative estimate of drug-likeness (QED) is 0.531. The summed E-state index contributed by atoms with van der Waals surface area (Å²) >= 11 is 1.39. The van der Waals surface area contributed by atoms with Crippen LogP contribution in [-0.2, 0) is 6.42 Å². The second kappa shape index (κ2) is 7.07. The van der Waals surface area contributed by atoms with Gasteiger partial charge in [-0.2, -0.15) is 0 Å². The zero-order valence-corrected chi connectivity index (χ0v) is 17.0. The van der Waals surface area contributed by atoms with Crippen LogP contribution >= 0.6 is 11.3 Å². The van der Waals surface area contributed by atoms with Crippen molar-refractivity contribution < 1.29 is 9.59 Å². The Kier molecular flexibility index (Phi) is 4.36. The number of hydrogen-bond acceptors (Lipinski definition) is 5. The molecule has 8 heteroatoms. The Morgan fingerprint density at radius 1 is 1.20 bits per heavy atom. The lowest BCUT2D eigenvalue weighted by atomic mass is 9.94. The fourth-order valence-electron chi connectivity index (χ4n) is 4.01. The molecule has 0 saturated heterocycles. The number of Topliss-reactive ketones (excluding diaryl/α,β-unsaturated/α-hetero) is 1. The van der Waals surface area contributed by atoms with Crippen LogP contribution in [0.1, 0.15) is 44.9 Å². The van der Waals surface area contributed by atoms with E-state index in [4.69, 9.17) is 0 Å². The van der Waals surface area contributed by atoms with Crippen molar-refractivity contribution in [2.45, 2.75) is 26.2 Å². The van der Waals surface area contributed by atoms with Crippen LogP contribution in [0.4, 0.5) is 0 Å². The Labute approximate surface area is 175 Å². The van der Waals surface area contributed by atoms with E-state index in [1.54, 1.807) is 6.92 Å². The van der Waals surface area contributed by atoms with Crippen molar-refractivity contribution in [1.29, 1.82) is 0 Å². The molecule has 3 heterocycles. The minimum Gasteiger partial charge on any atom is -0.354 e. The van der Waals surface area contributed by atoms with E-state index in [1.165, 1.54) is 17.7 Å². The normalized spacial score (nSPS) is 13.4. The molecular formula is C22H18N4O3S. The summed E-state index contributed by atoms with van der Waals surface area (Å²) in [5.74, 6) is -0.426. The Morgan fingerprint density at radius 3 is 2.77 bits per heavy atom. The Hall–Kier alpha value is -3.52. The van der Waals surface area contributed by atoms with Crippen LogP contribution < -0.4 is 11.0 Å². The molecule has 2 N–H and O–H groups in total. The first-order chi connectivity index (χ1) is 14.5. The van der Waals surface area contributed by atoms with Crippen LogP contribution in [0.2, 0.25) is 0 Å². The zero-order chi connectivity index (χ0) is 20.8. The number of aryl methyl sites for hydroxylation is 1. The summed E-state index contributed by atoms with van der Waals surface area (Å²) in [4.78, 5) is 46.3. The van der Waals surface area contributed by atoms with E-state index in [1.807, 2.05) is 35.7 Å². The standard InChI is InChI=1S/C22H18N4O3S/c1-12-17-15(8-5-9-16(17)27)24-19(12)20(28)25-26-11-23-21-18(22(26)29)14(10-30-21)13-6-3-2-4-7-13/h2-4,6-7,10-11,24H,5,8-9H2,1H3,(H,25,28). The van der Waals surface area contributed by atoms with Crippen molar-refractivity contribution in [3.05, 3.63) is 74.9 Å². The van der Waals surface area contributed by atoms with Gasteiger partial charge in [-0.05, 0) is 30.9 Å². The average Bonchev–Trinajstić information content (AvgIpc) is 3.33. The maximum absolute atomic E-state index is 13.1. The number of H-pyrrole nitrogens is 1. The van der Waals surface area contributed by atoms with Crippen LogP contribution in [0.3, 0.4) is 0 Å². The molecule has 0 radical (unpaired) electrons. The number of aromatic amines is 1. The zero-order valence-electron chi connectivity index (χ0n) is 16.2. The van der Waals surface area contributed by atoms with E-state index in [0.29, 0.717) is 33.5 Å². The smallest absolute Gasteiger partial charge is 0.286 e. The number of rotatable bonds is 3. The lowest BCUT2D eigenvalue weighted by molar-refractivity contribution is 0.0971. The first-order valence-corrected chi connectivity index (χ1v) is 10.5. The molecule has 0 unspecified atom stereocenters. The number of hydrogen-bond donors (Lipinski definition) is 2. The van der Waals surface area contributed by atoms with Crippen LogP contribution in [0.15, 0.2) is 46.8 Å². The maximum Gasteiger partial charge on any atom is 0.286 e. The van der Waals surface area contributed by atoms with E-state index >= 15 is 0 Å². The molecule has 1 aliphatic carbocycles. The van der Waals surface area contributed by atoms with Crippen molar-refractivity contribution in [3.63, 3.8) is 0 Å². The molecule has 150 valence electrons. The van der Waals surface area contributed by atoms with Gasteiger partial charge in [-0.3, -0.25) is 19.8 Å². The lowest BCUT2D eigenvalue weighted by Crippen LogP contribution is -2.33. The molecule has 7 nitrogen and oxygen atoms in total. The second-order valence-electron chi connectivity index (χ2n) is 7.31. The predicted octanol–water partition coefficient (Wildman–Crippen LogP) is 3.66. The van der Waals surface area contributed by atoms with Gasteiger partial charge < -0.3 is 4.98 Å². The molecule has 0 spiro atoms. The van der Waals surface area contributed by atoms with E-state index in [-0.39, 0.29) is 11.3 Å². The molecule has 0 aliphatic heterocycles. The van der Waals surface area contributed by atoms with Gasteiger partial charge in [-0.15, -0.1) is 11.3 Å². The number of aromatic nitrogens is 3. The van der Waals surface area contributed by atoms with Crippen molar-refractivity contribution in [3.8, 4) is 11.1 Å². The highest BCUT2D eigenvalue weighted by molar-refractivity contribution is 7.17. The largest absolute Gasteiger partial charge is 0.354 e. The molecule has 3 aromatic heterocycles. The number of nitrogens with one attached hydrogen (secondary N) is 2. The van der Waals surface area contributed by atoms with Crippen LogP contribution in [-0.4, -0.2) is 26.3 Å². The number of benzene rings is 1. The number of fused-ring (bicyclic) bond motifs is 2. The third-order valence-electron chi connectivity index (χ3n) is 5.47. The SMILES string of the molecule is Cc1c(C(=O)Nn2cnc3scc(-c4ccccc4)c3c2=O)[nH]c2c1C(=O)CCC2. The summed E-state index contributed by atoms with van der Waals surface area (Å²) in [6.07, 6.45) is 3.32. The topological polar surface area (TPSA) is 96.8 Å². The van der Waals surface area contributed by atoms with Gasteiger partial charge in [0.25, 0.3) is 11.5 Å². The Morgan fingerprint density at radius 2 is 2.00 bits per heavy atom. The minimum absolute atomic E-state index is 0.0510. The molecular weight excluding hydrogens is 400 g/mol. The number of nitrogens with zero attached hydrogens (tertiary/aromatic N) is 2. The highest BCUT2D eigenvalue weighted by Gasteiger charge is 2.26. The fraction of sp³-hybridized carbons (Fsp3) is 0.182. The Balaban J connectivity index is 1.54. The maximum atomic E-state index is 13.1. The number of ketones is 1. The van der Waals surface area contributed by atoms with Gasteiger partial charge in [0.1, 0.15) is 16.9 Å². The monoisotopic (exact) mass is 418 g/mol. The first kappa shape index (κ1) is 18.5. The van der Waals surface area contributed by atoms with Gasteiger partial charge in [-0.1, -0.05) is 30.3 Å². The number of amides is 1. The van der Waals surface area contributed by atoms with Crippen molar-refractivity contribution >= 4 is 33.2 Å². The molecule has 0 bridgehead atoms. The van der Waals surface area contributed by atoms with E-state index < -0.39 is 5.91 Å². The molecule has 0 atom stereocenters. The van der Waals surface area contributed by atoms with Crippen LogP contribution in [0.5, 0.6) is 0 Å². The van der Waals surface area contributed by atoms with Crippen LogP contribution in [0, 0.1) is 6.92 Å². The van der Waals surface area contributed by atoms with Crippen molar-refractivity contribution in [2.75, 3.05) is 5.43 Å². The van der Waals surface area contributed by atoms with E-state index in [9.17, 15) is 14.4 Å². The highest BCUT2D eigenvalue weighted by atomic mass is 32.1. The van der Waals surface area contributed by atoms with Gasteiger partial charge in [-0.25, -0.2) is 9.66 Å². The van der Waals surface area contributed by atoms with Gasteiger partial charge >= 0.3 is 0 Å². The van der Waals surface area contributed by atoms with Crippen molar-refractivity contribution in [2.24, 2.45) is 0 Å². The fourth-order valence-corrected chi connectivity index (χ4v) is 4.92. The summed E-state index contributed by atoms with van der Waals surface area (Å²) < 4.78 is 1.10. The third kappa shape index (κ3) is 2.88. The molecule has 1 aromatic carbocycles. The summed E-state index contributed by atoms with van der Waals surface area (Å²) in [7, 11) is 0. The summed E-state index contributed by atoms with van der Waals surface area (Å²) in [5, 5.41) is 2.36.